The van der Waals surface area contributed by atoms with Crippen molar-refractivity contribution >= 4 is 23.4 Å². The fourth-order valence-electron chi connectivity index (χ4n) is 3.04. The van der Waals surface area contributed by atoms with Gasteiger partial charge in [-0.05, 0) is 36.2 Å². The van der Waals surface area contributed by atoms with Crippen LogP contribution in [0.25, 0.3) is 17.2 Å². The van der Waals surface area contributed by atoms with Crippen molar-refractivity contribution in [1.82, 2.24) is 24.6 Å². The zero-order valence-electron chi connectivity index (χ0n) is 17.0. The van der Waals surface area contributed by atoms with E-state index in [-0.39, 0.29) is 11.8 Å². The highest BCUT2D eigenvalue weighted by Crippen LogP contribution is 2.18. The first-order valence-corrected chi connectivity index (χ1v) is 9.84. The van der Waals surface area contributed by atoms with E-state index in [2.05, 4.69) is 42.8 Å². The fraction of sp³-hybridized carbons (Fsp3) is 0.238. The van der Waals surface area contributed by atoms with Gasteiger partial charge in [0.2, 0.25) is 11.9 Å². The molecule has 2 aromatic carbocycles. The number of aromatic nitrogens is 5. The second-order valence-corrected chi connectivity index (χ2v) is 6.86. The summed E-state index contributed by atoms with van der Waals surface area (Å²) in [7, 11) is 1.68. The quantitative estimate of drug-likeness (QED) is 0.353. The Labute approximate surface area is 178 Å². The van der Waals surface area contributed by atoms with Gasteiger partial charge in [-0.3, -0.25) is 0 Å². The number of hydrogen-bond donors (Lipinski definition) is 3. The molecular weight excluding hydrogens is 399 g/mol. The molecule has 0 unspecified atom stereocenters. The molecule has 160 valence electrons. The third kappa shape index (κ3) is 5.04. The zero-order chi connectivity index (χ0) is 21.6. The van der Waals surface area contributed by atoms with E-state index >= 15 is 0 Å². The number of nitrogens with zero attached hydrogens (tertiary/aromatic N) is 5. The highest BCUT2D eigenvalue weighted by atomic mass is 19.1. The molecule has 4 aromatic rings. The van der Waals surface area contributed by atoms with E-state index in [1.807, 2.05) is 12.1 Å². The number of benzene rings is 2. The van der Waals surface area contributed by atoms with E-state index in [1.54, 1.807) is 19.2 Å². The number of methoxy groups -OCH3 is 1. The molecule has 10 heteroatoms. The van der Waals surface area contributed by atoms with Crippen LogP contribution in [-0.4, -0.2) is 51.4 Å². The fourth-order valence-corrected chi connectivity index (χ4v) is 3.04. The molecule has 4 N–H and O–H groups in total. The Bertz CT molecular complexity index is 1160. The summed E-state index contributed by atoms with van der Waals surface area (Å²) in [6.07, 6.45) is 0.786. The second kappa shape index (κ2) is 9.35. The van der Waals surface area contributed by atoms with Crippen LogP contribution in [0.5, 0.6) is 0 Å². The number of nitrogens with one attached hydrogen (secondary N) is 2. The number of nitrogens with two attached hydrogens (primary N) is 1. The molecule has 9 nitrogen and oxygen atoms in total. The van der Waals surface area contributed by atoms with Gasteiger partial charge in [0.25, 0.3) is 5.78 Å². The average Bonchev–Trinajstić information content (AvgIpc) is 3.20. The first-order chi connectivity index (χ1) is 15.1. The van der Waals surface area contributed by atoms with Crippen LogP contribution in [0, 0.1) is 5.82 Å². The van der Waals surface area contributed by atoms with Gasteiger partial charge in [-0.2, -0.15) is 19.5 Å². The topological polar surface area (TPSA) is 115 Å². The third-order valence-electron chi connectivity index (χ3n) is 4.60. The molecule has 0 radical (unpaired) electrons. The largest absolute Gasteiger partial charge is 0.383 e. The standard InChI is InChI=1S/C21H23FN8O/c1-31-12-11-24-17-7-5-14(6-8-17)9-10-25-20-27-19(23)30-21(28-20)26-18(29-30)15-3-2-4-16(22)13-15/h2-8,13,24H,9-12H2,1H3,(H3,23,25,26,27,28,29). The molecule has 0 saturated heterocycles. The average molecular weight is 422 g/mol. The number of nitrogen functional groups attached to an aromatic ring is 1. The molecule has 0 saturated carbocycles. The molecule has 0 fully saturated rings. The number of ether oxygens (including phenoxy) is 1. The monoisotopic (exact) mass is 422 g/mol. The molecule has 0 spiro atoms. The van der Waals surface area contributed by atoms with Gasteiger partial charge >= 0.3 is 0 Å². The van der Waals surface area contributed by atoms with Crippen molar-refractivity contribution in [2.75, 3.05) is 43.2 Å². The van der Waals surface area contributed by atoms with Crippen molar-refractivity contribution in [2.45, 2.75) is 6.42 Å². The lowest BCUT2D eigenvalue weighted by atomic mass is 10.1. The Morgan fingerprint density at radius 1 is 1.03 bits per heavy atom. The molecule has 0 amide bonds. The first-order valence-electron chi connectivity index (χ1n) is 9.84. The lowest BCUT2D eigenvalue weighted by molar-refractivity contribution is 0.211. The Morgan fingerprint density at radius 3 is 2.65 bits per heavy atom. The summed E-state index contributed by atoms with van der Waals surface area (Å²) in [5, 5.41) is 10.7. The lowest BCUT2D eigenvalue weighted by Gasteiger charge is -2.08. The van der Waals surface area contributed by atoms with Crippen LogP contribution in [0.15, 0.2) is 48.5 Å². The molecule has 2 heterocycles. The maximum Gasteiger partial charge on any atom is 0.259 e. The SMILES string of the molecule is COCCNc1ccc(CCNc2nc(N)n3nc(-c4cccc(F)c4)nc3n2)cc1. The van der Waals surface area contributed by atoms with Gasteiger partial charge in [-0.1, -0.05) is 24.3 Å². The van der Waals surface area contributed by atoms with Crippen molar-refractivity contribution < 1.29 is 9.13 Å². The minimum atomic E-state index is -0.364. The van der Waals surface area contributed by atoms with Crippen LogP contribution in [0.3, 0.4) is 0 Å². The van der Waals surface area contributed by atoms with Crippen molar-refractivity contribution in [3.8, 4) is 11.4 Å². The summed E-state index contributed by atoms with van der Waals surface area (Å²) in [5.41, 5.74) is 8.78. The maximum absolute atomic E-state index is 13.5. The molecule has 0 bridgehead atoms. The van der Waals surface area contributed by atoms with Crippen molar-refractivity contribution in [2.24, 2.45) is 0 Å². The van der Waals surface area contributed by atoms with Gasteiger partial charge in [-0.15, -0.1) is 5.10 Å². The van der Waals surface area contributed by atoms with E-state index in [0.29, 0.717) is 36.3 Å². The van der Waals surface area contributed by atoms with Gasteiger partial charge in [0.15, 0.2) is 5.82 Å². The van der Waals surface area contributed by atoms with Crippen LogP contribution in [0.1, 0.15) is 5.56 Å². The Hall–Kier alpha value is -3.79. The summed E-state index contributed by atoms with van der Waals surface area (Å²) in [6.45, 7) is 2.05. The normalized spacial score (nSPS) is 11.0. The highest BCUT2D eigenvalue weighted by molar-refractivity contribution is 5.58. The van der Waals surface area contributed by atoms with Crippen LogP contribution in [0.4, 0.5) is 22.0 Å². The summed E-state index contributed by atoms with van der Waals surface area (Å²) in [5.74, 6) is 0.768. The molecule has 0 aliphatic heterocycles. The van der Waals surface area contributed by atoms with Gasteiger partial charge in [0.05, 0.1) is 6.61 Å². The molecule has 31 heavy (non-hydrogen) atoms. The molecule has 4 rings (SSSR count). The summed E-state index contributed by atoms with van der Waals surface area (Å²) < 4.78 is 19.9. The van der Waals surface area contributed by atoms with E-state index < -0.39 is 0 Å². The Kier molecular flexibility index (Phi) is 6.18. The smallest absolute Gasteiger partial charge is 0.259 e. The number of rotatable bonds is 9. The minimum absolute atomic E-state index is 0.147. The lowest BCUT2D eigenvalue weighted by Crippen LogP contribution is -2.12. The Morgan fingerprint density at radius 2 is 1.87 bits per heavy atom. The molecule has 2 aromatic heterocycles. The van der Waals surface area contributed by atoms with Gasteiger partial charge < -0.3 is 21.1 Å². The second-order valence-electron chi connectivity index (χ2n) is 6.86. The van der Waals surface area contributed by atoms with Crippen LogP contribution >= 0.6 is 0 Å². The van der Waals surface area contributed by atoms with Crippen molar-refractivity contribution in [1.29, 1.82) is 0 Å². The zero-order valence-corrected chi connectivity index (χ0v) is 17.0. The number of anilines is 3. The number of fused-ring (bicyclic) bond motifs is 1. The third-order valence-corrected chi connectivity index (χ3v) is 4.60. The molecule has 0 atom stereocenters. The summed E-state index contributed by atoms with van der Waals surface area (Å²) in [4.78, 5) is 12.9. The van der Waals surface area contributed by atoms with Crippen LogP contribution in [0.2, 0.25) is 0 Å². The van der Waals surface area contributed by atoms with Crippen molar-refractivity contribution in [3.63, 3.8) is 0 Å². The van der Waals surface area contributed by atoms with E-state index in [4.69, 9.17) is 10.5 Å². The summed E-state index contributed by atoms with van der Waals surface area (Å²) in [6, 6.07) is 14.2. The predicted octanol–water partition coefficient (Wildman–Crippen LogP) is 2.62. The van der Waals surface area contributed by atoms with E-state index in [0.717, 1.165) is 18.7 Å². The summed E-state index contributed by atoms with van der Waals surface area (Å²) >= 11 is 0. The van der Waals surface area contributed by atoms with Gasteiger partial charge in [-0.25, -0.2) is 4.39 Å². The van der Waals surface area contributed by atoms with Crippen LogP contribution < -0.4 is 16.4 Å². The highest BCUT2D eigenvalue weighted by Gasteiger charge is 2.12. The van der Waals surface area contributed by atoms with Crippen molar-refractivity contribution in [3.05, 3.63) is 59.9 Å². The number of hydrogen-bond acceptors (Lipinski definition) is 8. The first kappa shape index (κ1) is 20.5. The minimum Gasteiger partial charge on any atom is -0.383 e. The van der Waals surface area contributed by atoms with Gasteiger partial charge in [0, 0.05) is 31.5 Å². The van der Waals surface area contributed by atoms with Crippen LogP contribution in [-0.2, 0) is 11.2 Å². The molecule has 0 aliphatic carbocycles. The van der Waals surface area contributed by atoms with Gasteiger partial charge in [0.1, 0.15) is 5.82 Å². The maximum atomic E-state index is 13.5. The van der Waals surface area contributed by atoms with E-state index in [1.165, 1.54) is 22.2 Å². The predicted molar refractivity (Wildman–Crippen MR) is 117 cm³/mol. The molecule has 0 aliphatic rings. The number of halogens is 1. The molecular formula is C21H23FN8O. The van der Waals surface area contributed by atoms with E-state index in [9.17, 15) is 4.39 Å². The Balaban J connectivity index is 1.39.